The van der Waals surface area contributed by atoms with Crippen molar-refractivity contribution in [3.63, 3.8) is 0 Å². The van der Waals surface area contributed by atoms with Gasteiger partial charge in [-0.05, 0) is 57.1 Å². The molecule has 3 heterocycles. The largest absolute Gasteiger partial charge is 0.481 e. The summed E-state index contributed by atoms with van der Waals surface area (Å²) in [4.78, 5) is 87.3. The molecule has 1 aromatic carbocycles. The highest BCUT2D eigenvalue weighted by Gasteiger charge is 2.39. The molecule has 0 bridgehead atoms. The van der Waals surface area contributed by atoms with Crippen molar-refractivity contribution in [2.75, 3.05) is 27.3 Å². The Morgan fingerprint density at radius 1 is 0.904 bits per heavy atom. The number of aliphatic hydroxyl groups is 1. The molecule has 52 heavy (non-hydrogen) atoms. The van der Waals surface area contributed by atoms with Gasteiger partial charge in [0, 0.05) is 25.6 Å². The number of aliphatic hydroxyl groups excluding tert-OH is 1. The summed E-state index contributed by atoms with van der Waals surface area (Å²) in [5, 5.41) is 24.1. The van der Waals surface area contributed by atoms with Crippen LogP contribution in [0.25, 0.3) is 0 Å². The predicted octanol–water partition coefficient (Wildman–Crippen LogP) is -0.0238. The van der Waals surface area contributed by atoms with E-state index >= 15 is 0 Å². The second-order valence-electron chi connectivity index (χ2n) is 12.9. The SMILES string of the molecule is CC[C@@H]1NC(=O)[C@@H](NC(=O)c2ccc(OC)nc2OC)CCCCNC(=O)[C@@H]2CCCN2C(=O)[C@@H](Cc2ccccc2)NC(=O)[C@H]([C@@H](C)O)NC1=O. The quantitative estimate of drug-likeness (QED) is 0.214. The maximum atomic E-state index is 14.0. The lowest BCUT2D eigenvalue weighted by molar-refractivity contribution is -0.142. The molecule has 2 saturated heterocycles. The van der Waals surface area contributed by atoms with Gasteiger partial charge in [0.15, 0.2) is 0 Å². The number of methoxy groups -OCH3 is 2. The molecule has 16 heteroatoms. The molecule has 2 fully saturated rings. The van der Waals surface area contributed by atoms with Crippen LogP contribution in [0, 0.1) is 0 Å². The Labute approximate surface area is 302 Å². The van der Waals surface area contributed by atoms with Gasteiger partial charge < -0.3 is 46.1 Å². The molecule has 0 saturated carbocycles. The number of aromatic nitrogens is 1. The second-order valence-corrected chi connectivity index (χ2v) is 12.9. The minimum Gasteiger partial charge on any atom is -0.481 e. The second kappa shape index (κ2) is 18.8. The van der Waals surface area contributed by atoms with Gasteiger partial charge in [0.05, 0.1) is 20.3 Å². The van der Waals surface area contributed by atoms with Crippen molar-refractivity contribution in [1.82, 2.24) is 36.5 Å². The fourth-order valence-electron chi connectivity index (χ4n) is 6.27. The molecule has 2 aromatic rings. The van der Waals surface area contributed by atoms with E-state index in [1.54, 1.807) is 19.1 Å². The highest BCUT2D eigenvalue weighted by molar-refractivity contribution is 6.00. The molecule has 16 nitrogen and oxygen atoms in total. The van der Waals surface area contributed by atoms with Gasteiger partial charge in [-0.3, -0.25) is 28.8 Å². The van der Waals surface area contributed by atoms with E-state index in [4.69, 9.17) is 9.47 Å². The summed E-state index contributed by atoms with van der Waals surface area (Å²) in [5.41, 5.74) is 0.810. The molecule has 0 radical (unpaired) electrons. The molecular weight excluding hydrogens is 674 g/mol. The molecule has 0 aliphatic carbocycles. The normalized spacial score (nSPS) is 24.4. The molecule has 282 valence electrons. The third kappa shape index (κ3) is 10.2. The summed E-state index contributed by atoms with van der Waals surface area (Å²) in [6.07, 6.45) is 0.845. The van der Waals surface area contributed by atoms with E-state index in [0.29, 0.717) is 32.2 Å². The summed E-state index contributed by atoms with van der Waals surface area (Å²) in [7, 11) is 2.76. The number of carbonyl (C=O) groups is 6. The van der Waals surface area contributed by atoms with Gasteiger partial charge in [-0.2, -0.15) is 4.98 Å². The molecule has 4 rings (SSSR count). The Kier molecular flexibility index (Phi) is 14.3. The number of nitrogens with one attached hydrogen (secondary N) is 5. The van der Waals surface area contributed by atoms with Crippen molar-refractivity contribution in [2.45, 2.75) is 95.1 Å². The van der Waals surface area contributed by atoms with Crippen LogP contribution >= 0.6 is 0 Å². The van der Waals surface area contributed by atoms with Crippen LogP contribution in [0.5, 0.6) is 11.8 Å². The molecule has 6 amide bonds. The smallest absolute Gasteiger partial charge is 0.257 e. The average Bonchev–Trinajstić information content (AvgIpc) is 3.64. The Hall–Kier alpha value is -5.25. The number of ether oxygens (including phenoxy) is 2. The lowest BCUT2D eigenvalue weighted by atomic mass is 10.0. The average molecular weight is 724 g/mol. The molecule has 2 aliphatic heterocycles. The molecule has 1 aromatic heterocycles. The number of amides is 6. The topological polar surface area (TPSA) is 217 Å². The Morgan fingerprint density at radius 3 is 2.31 bits per heavy atom. The summed E-state index contributed by atoms with van der Waals surface area (Å²) in [6.45, 7) is 3.54. The number of pyridine rings is 1. The number of carbonyl (C=O) groups excluding carboxylic acids is 6. The maximum Gasteiger partial charge on any atom is 0.257 e. The lowest BCUT2D eigenvalue weighted by Crippen LogP contribution is -2.61. The first-order chi connectivity index (χ1) is 25.0. The fraction of sp³-hybridized carbons (Fsp3) is 0.528. The first-order valence-electron chi connectivity index (χ1n) is 17.6. The van der Waals surface area contributed by atoms with Crippen LogP contribution in [0.3, 0.4) is 0 Å². The van der Waals surface area contributed by atoms with Crippen LogP contribution in [0.4, 0.5) is 0 Å². The van der Waals surface area contributed by atoms with Gasteiger partial charge in [0.25, 0.3) is 5.91 Å². The van der Waals surface area contributed by atoms with Crippen molar-refractivity contribution < 1.29 is 43.3 Å². The third-order valence-electron chi connectivity index (χ3n) is 9.16. The van der Waals surface area contributed by atoms with Crippen molar-refractivity contribution in [2.24, 2.45) is 0 Å². The molecular formula is C36H49N7O9. The van der Waals surface area contributed by atoms with Crippen LogP contribution in [-0.4, -0.2) is 114 Å². The monoisotopic (exact) mass is 723 g/mol. The Balaban J connectivity index is 1.62. The number of rotatable bonds is 8. The molecule has 0 spiro atoms. The van der Waals surface area contributed by atoms with Crippen molar-refractivity contribution in [1.29, 1.82) is 0 Å². The van der Waals surface area contributed by atoms with Gasteiger partial charge >= 0.3 is 0 Å². The summed E-state index contributed by atoms with van der Waals surface area (Å²) in [6, 6.07) is 6.36. The molecule has 6 N–H and O–H groups in total. The summed E-state index contributed by atoms with van der Waals surface area (Å²) < 4.78 is 10.4. The summed E-state index contributed by atoms with van der Waals surface area (Å²) in [5.74, 6) is -3.47. The Morgan fingerprint density at radius 2 is 1.63 bits per heavy atom. The predicted molar refractivity (Wildman–Crippen MR) is 188 cm³/mol. The van der Waals surface area contributed by atoms with Crippen LogP contribution in [0.2, 0.25) is 0 Å². The number of hydrogen-bond donors (Lipinski definition) is 6. The summed E-state index contributed by atoms with van der Waals surface area (Å²) >= 11 is 0. The van der Waals surface area contributed by atoms with Crippen LogP contribution in [0.1, 0.15) is 68.3 Å². The van der Waals surface area contributed by atoms with Crippen LogP contribution < -0.4 is 36.1 Å². The van der Waals surface area contributed by atoms with Gasteiger partial charge in [0.1, 0.15) is 35.8 Å². The van der Waals surface area contributed by atoms with Crippen LogP contribution in [-0.2, 0) is 30.4 Å². The first kappa shape index (κ1) is 39.5. The minimum absolute atomic E-state index is 0.0187. The zero-order valence-electron chi connectivity index (χ0n) is 30.0. The van der Waals surface area contributed by atoms with Gasteiger partial charge in [-0.25, -0.2) is 0 Å². The van der Waals surface area contributed by atoms with Crippen molar-refractivity contribution >= 4 is 35.4 Å². The van der Waals surface area contributed by atoms with Gasteiger partial charge in [0.2, 0.25) is 41.3 Å². The number of fused-ring (bicyclic) bond motifs is 1. The van der Waals surface area contributed by atoms with E-state index < -0.39 is 65.8 Å². The van der Waals surface area contributed by atoms with Gasteiger partial charge in [-0.1, -0.05) is 37.3 Å². The molecule has 0 unspecified atom stereocenters. The zero-order valence-corrected chi connectivity index (χ0v) is 30.0. The number of benzene rings is 1. The fourth-order valence-corrected chi connectivity index (χ4v) is 6.27. The van der Waals surface area contributed by atoms with E-state index in [9.17, 15) is 33.9 Å². The standard InChI is InChI=1S/C36H49N7O9/c1-5-24-31(46)42-29(21(2)44)34(49)40-26(20-22-12-7-6-8-13-22)36(50)43-19-11-15-27(43)33(48)37-18-10-9-14-25(32(47)38-24)39-30(45)23-16-17-28(51-3)41-35(23)52-4/h6-8,12-13,16-17,21,24-27,29,44H,5,9-11,14-15,18-20H2,1-4H3,(H,37,48)(H,38,47)(H,39,45)(H,40,49)(H,42,46)/t21-,24+,25+,26-,27+,29+/m1/s1. The number of hydrogen-bond acceptors (Lipinski definition) is 10. The minimum atomic E-state index is -1.49. The van der Waals surface area contributed by atoms with E-state index in [1.165, 1.54) is 38.2 Å². The van der Waals surface area contributed by atoms with Crippen LogP contribution in [0.15, 0.2) is 42.5 Å². The third-order valence-corrected chi connectivity index (χ3v) is 9.16. The highest BCUT2D eigenvalue weighted by Crippen LogP contribution is 2.22. The molecule has 2 aliphatic rings. The number of nitrogens with zero attached hydrogens (tertiary/aromatic N) is 2. The highest BCUT2D eigenvalue weighted by atomic mass is 16.5. The van der Waals surface area contributed by atoms with Crippen molar-refractivity contribution in [3.8, 4) is 11.8 Å². The van der Waals surface area contributed by atoms with E-state index in [1.807, 2.05) is 18.2 Å². The van der Waals surface area contributed by atoms with E-state index in [2.05, 4.69) is 31.6 Å². The molecule has 6 atom stereocenters. The van der Waals surface area contributed by atoms with E-state index in [0.717, 1.165) is 5.56 Å². The first-order valence-corrected chi connectivity index (χ1v) is 17.6. The van der Waals surface area contributed by atoms with Crippen molar-refractivity contribution in [3.05, 3.63) is 53.6 Å². The zero-order chi connectivity index (χ0) is 37.8. The maximum absolute atomic E-state index is 14.0. The lowest BCUT2D eigenvalue weighted by Gasteiger charge is -2.30. The Bertz CT molecular complexity index is 1590. The van der Waals surface area contributed by atoms with E-state index in [-0.39, 0.29) is 49.0 Å². The van der Waals surface area contributed by atoms with Gasteiger partial charge in [-0.15, -0.1) is 0 Å².